The van der Waals surface area contributed by atoms with Gasteiger partial charge in [-0.05, 0) is 0 Å². The topological polar surface area (TPSA) is 47.6 Å². The van der Waals surface area contributed by atoms with Crippen molar-refractivity contribution in [3.05, 3.63) is 12.7 Å². The van der Waals surface area contributed by atoms with Crippen molar-refractivity contribution < 1.29 is 14.3 Å². The zero-order valence-corrected chi connectivity index (χ0v) is 6.63. The normalized spacial score (nSPS) is 8.82. The number of hydrogen-bond donors (Lipinski definition) is 1. The number of carbonyl (C=O) groups is 1. The molecule has 0 heterocycles. The van der Waals surface area contributed by atoms with Crippen LogP contribution < -0.4 is 5.32 Å². The summed E-state index contributed by atoms with van der Waals surface area (Å²) >= 11 is 0. The summed E-state index contributed by atoms with van der Waals surface area (Å²) in [6.45, 7) is 4.59. The molecular formula is C7H13NO3. The number of carbonyl (C=O) groups excluding carboxylic acids is 1. The highest BCUT2D eigenvalue weighted by molar-refractivity contribution is 5.67. The molecule has 1 N–H and O–H groups in total. The fraction of sp³-hybridized carbons (Fsp3) is 0.571. The SMILES string of the molecule is C=CCOC(=O)NCCOC. The van der Waals surface area contributed by atoms with Crippen LogP contribution in [0.15, 0.2) is 12.7 Å². The van der Waals surface area contributed by atoms with E-state index in [0.717, 1.165) is 0 Å². The van der Waals surface area contributed by atoms with Crippen LogP contribution in [-0.4, -0.2) is 33.0 Å². The van der Waals surface area contributed by atoms with Crippen LogP contribution in [0.3, 0.4) is 0 Å². The molecule has 0 aromatic heterocycles. The zero-order valence-electron chi connectivity index (χ0n) is 6.63. The molecule has 11 heavy (non-hydrogen) atoms. The lowest BCUT2D eigenvalue weighted by molar-refractivity contribution is 0.149. The van der Waals surface area contributed by atoms with Crippen LogP contribution in [0.1, 0.15) is 0 Å². The van der Waals surface area contributed by atoms with Gasteiger partial charge < -0.3 is 14.8 Å². The van der Waals surface area contributed by atoms with Gasteiger partial charge >= 0.3 is 6.09 Å². The molecule has 0 aliphatic rings. The molecule has 4 heteroatoms. The summed E-state index contributed by atoms with van der Waals surface area (Å²) in [7, 11) is 1.57. The highest BCUT2D eigenvalue weighted by Gasteiger charge is 1.96. The van der Waals surface area contributed by atoms with Crippen LogP contribution in [0, 0.1) is 0 Å². The number of methoxy groups -OCH3 is 1. The molecule has 0 unspecified atom stereocenters. The van der Waals surface area contributed by atoms with Gasteiger partial charge in [0.2, 0.25) is 0 Å². The van der Waals surface area contributed by atoms with Gasteiger partial charge in [0.05, 0.1) is 6.61 Å². The third-order valence-electron chi connectivity index (χ3n) is 0.908. The zero-order chi connectivity index (χ0) is 8.53. The van der Waals surface area contributed by atoms with Crippen molar-refractivity contribution in [3.8, 4) is 0 Å². The molecule has 64 valence electrons. The lowest BCUT2D eigenvalue weighted by Crippen LogP contribution is -2.27. The molecule has 0 aliphatic carbocycles. The van der Waals surface area contributed by atoms with Crippen molar-refractivity contribution in [1.82, 2.24) is 5.32 Å². The Morgan fingerprint density at radius 2 is 2.45 bits per heavy atom. The molecule has 0 bridgehead atoms. The minimum atomic E-state index is -0.443. The number of nitrogens with one attached hydrogen (secondary N) is 1. The lowest BCUT2D eigenvalue weighted by Gasteiger charge is -2.03. The molecule has 0 spiro atoms. The van der Waals surface area contributed by atoms with Crippen molar-refractivity contribution in [3.63, 3.8) is 0 Å². The Labute approximate surface area is 66.2 Å². The summed E-state index contributed by atoms with van der Waals surface area (Å²) in [5, 5.41) is 2.48. The number of alkyl carbamates (subject to hydrolysis) is 1. The summed E-state index contributed by atoms with van der Waals surface area (Å²) < 4.78 is 9.32. The minimum Gasteiger partial charge on any atom is -0.445 e. The van der Waals surface area contributed by atoms with E-state index in [2.05, 4.69) is 16.6 Å². The molecule has 4 nitrogen and oxygen atoms in total. The van der Waals surface area contributed by atoms with Crippen LogP contribution in [0.5, 0.6) is 0 Å². The van der Waals surface area contributed by atoms with Crippen molar-refractivity contribution >= 4 is 6.09 Å². The fourth-order valence-corrected chi connectivity index (χ4v) is 0.441. The first-order valence-electron chi connectivity index (χ1n) is 3.31. The predicted octanol–water partition coefficient (Wildman–Crippen LogP) is 0.545. The van der Waals surface area contributed by atoms with Crippen LogP contribution in [0.25, 0.3) is 0 Å². The van der Waals surface area contributed by atoms with Crippen LogP contribution in [0.4, 0.5) is 4.79 Å². The van der Waals surface area contributed by atoms with Gasteiger partial charge in [0.25, 0.3) is 0 Å². The standard InChI is InChI=1S/C7H13NO3/c1-3-5-11-7(9)8-4-6-10-2/h3H,1,4-6H2,2H3,(H,8,9). The first kappa shape index (κ1) is 9.97. The Hall–Kier alpha value is -1.03. The van der Waals surface area contributed by atoms with Crippen LogP contribution in [0.2, 0.25) is 0 Å². The largest absolute Gasteiger partial charge is 0.445 e. The molecule has 0 aliphatic heterocycles. The van der Waals surface area contributed by atoms with Gasteiger partial charge in [-0.3, -0.25) is 0 Å². The monoisotopic (exact) mass is 159 g/mol. The van der Waals surface area contributed by atoms with Gasteiger partial charge in [0, 0.05) is 13.7 Å². The predicted molar refractivity (Wildman–Crippen MR) is 41.4 cm³/mol. The second kappa shape index (κ2) is 7.08. The summed E-state index contributed by atoms with van der Waals surface area (Å²) in [6, 6.07) is 0. The van der Waals surface area contributed by atoms with E-state index < -0.39 is 6.09 Å². The van der Waals surface area contributed by atoms with Gasteiger partial charge in [-0.15, -0.1) is 0 Å². The van der Waals surface area contributed by atoms with Crippen molar-refractivity contribution in [2.75, 3.05) is 26.9 Å². The van der Waals surface area contributed by atoms with E-state index >= 15 is 0 Å². The average molecular weight is 159 g/mol. The number of rotatable bonds is 5. The molecule has 0 fully saturated rings. The number of ether oxygens (including phenoxy) is 2. The van der Waals surface area contributed by atoms with E-state index in [1.807, 2.05) is 0 Å². The van der Waals surface area contributed by atoms with Gasteiger partial charge in [-0.1, -0.05) is 12.7 Å². The summed E-state index contributed by atoms with van der Waals surface area (Å²) in [4.78, 5) is 10.6. The molecule has 0 radical (unpaired) electrons. The minimum absolute atomic E-state index is 0.235. The first-order chi connectivity index (χ1) is 5.31. The third kappa shape index (κ3) is 6.86. The van der Waals surface area contributed by atoms with E-state index in [1.54, 1.807) is 7.11 Å². The van der Waals surface area contributed by atoms with Crippen molar-refractivity contribution in [1.29, 1.82) is 0 Å². The summed E-state index contributed by atoms with van der Waals surface area (Å²) in [5.41, 5.74) is 0. The molecule has 0 atom stereocenters. The molecule has 0 aromatic carbocycles. The fourth-order valence-electron chi connectivity index (χ4n) is 0.441. The van der Waals surface area contributed by atoms with E-state index in [-0.39, 0.29) is 6.61 Å². The maximum atomic E-state index is 10.6. The lowest BCUT2D eigenvalue weighted by atomic mass is 10.7. The third-order valence-corrected chi connectivity index (χ3v) is 0.908. The Morgan fingerprint density at radius 1 is 1.73 bits per heavy atom. The highest BCUT2D eigenvalue weighted by Crippen LogP contribution is 1.77. The van der Waals surface area contributed by atoms with Gasteiger partial charge in [0.1, 0.15) is 6.61 Å². The Balaban J connectivity index is 3.15. The number of hydrogen-bond acceptors (Lipinski definition) is 3. The average Bonchev–Trinajstić information content (AvgIpc) is 2.01. The summed E-state index contributed by atoms with van der Waals surface area (Å²) in [5.74, 6) is 0. The molecule has 0 saturated heterocycles. The van der Waals surface area contributed by atoms with Gasteiger partial charge in [-0.25, -0.2) is 4.79 Å². The van der Waals surface area contributed by atoms with E-state index in [1.165, 1.54) is 6.08 Å². The molecule has 0 rings (SSSR count). The first-order valence-corrected chi connectivity index (χ1v) is 3.31. The molecule has 1 amide bonds. The van der Waals surface area contributed by atoms with Crippen molar-refractivity contribution in [2.45, 2.75) is 0 Å². The Bertz CT molecular complexity index is 125. The quantitative estimate of drug-likeness (QED) is 0.470. The van der Waals surface area contributed by atoms with E-state index in [4.69, 9.17) is 4.74 Å². The van der Waals surface area contributed by atoms with Crippen molar-refractivity contribution in [2.24, 2.45) is 0 Å². The van der Waals surface area contributed by atoms with Gasteiger partial charge in [-0.2, -0.15) is 0 Å². The second-order valence-electron chi connectivity index (χ2n) is 1.81. The highest BCUT2D eigenvalue weighted by atomic mass is 16.5. The summed E-state index contributed by atoms with van der Waals surface area (Å²) in [6.07, 6.45) is 1.07. The Morgan fingerprint density at radius 3 is 3.00 bits per heavy atom. The second-order valence-corrected chi connectivity index (χ2v) is 1.81. The van der Waals surface area contributed by atoms with E-state index in [9.17, 15) is 4.79 Å². The molecule has 0 aromatic rings. The van der Waals surface area contributed by atoms with Crippen LogP contribution >= 0.6 is 0 Å². The maximum absolute atomic E-state index is 10.6. The van der Waals surface area contributed by atoms with Gasteiger partial charge in [0.15, 0.2) is 0 Å². The Kier molecular flexibility index (Phi) is 6.42. The van der Waals surface area contributed by atoms with E-state index in [0.29, 0.717) is 13.2 Å². The molecular weight excluding hydrogens is 146 g/mol. The molecule has 0 saturated carbocycles. The smallest absolute Gasteiger partial charge is 0.407 e. The number of amides is 1. The maximum Gasteiger partial charge on any atom is 0.407 e. The van der Waals surface area contributed by atoms with Crippen LogP contribution in [-0.2, 0) is 9.47 Å².